The number of hydrogen-bond donors (Lipinski definition) is 2. The number of carbonyl (C=O) groups is 2. The number of para-hydroxylation sites is 1. The molecule has 1 aromatic carbocycles. The van der Waals surface area contributed by atoms with Crippen LogP contribution >= 0.6 is 0 Å². The van der Waals surface area contributed by atoms with Gasteiger partial charge in [0.1, 0.15) is 0 Å². The summed E-state index contributed by atoms with van der Waals surface area (Å²) in [6.45, 7) is 0.911. The molecule has 2 heterocycles. The topological polar surface area (TPSA) is 86.3 Å². The predicted octanol–water partition coefficient (Wildman–Crippen LogP) is 1.67. The number of aliphatic carboxylic acids is 1. The van der Waals surface area contributed by atoms with Gasteiger partial charge in [-0.2, -0.15) is 5.10 Å². The lowest BCUT2D eigenvalue weighted by Crippen LogP contribution is -2.31. The molecule has 1 aromatic heterocycles. The number of benzene rings is 1. The molecule has 23 heavy (non-hydrogen) atoms. The number of carboxylic acids is 1. The first kappa shape index (κ1) is 14.2. The maximum absolute atomic E-state index is 12.6. The lowest BCUT2D eigenvalue weighted by molar-refractivity contribution is -0.142. The largest absolute Gasteiger partial charge is 0.481 e. The van der Waals surface area contributed by atoms with Crippen molar-refractivity contribution in [1.29, 1.82) is 0 Å². The molecule has 120 valence electrons. The summed E-state index contributed by atoms with van der Waals surface area (Å²) in [6, 6.07) is 7.68. The van der Waals surface area contributed by atoms with E-state index < -0.39 is 11.9 Å². The van der Waals surface area contributed by atoms with E-state index in [0.29, 0.717) is 19.0 Å². The van der Waals surface area contributed by atoms with Crippen LogP contribution in [0.2, 0.25) is 0 Å². The molecule has 1 aliphatic carbocycles. The molecule has 4 rings (SSSR count). The van der Waals surface area contributed by atoms with Crippen molar-refractivity contribution >= 4 is 22.8 Å². The van der Waals surface area contributed by atoms with Crippen LogP contribution in [0.1, 0.15) is 18.5 Å². The molecule has 2 atom stereocenters. The molecule has 0 spiro atoms. The van der Waals surface area contributed by atoms with E-state index in [1.807, 2.05) is 24.3 Å². The molecule has 1 amide bonds. The van der Waals surface area contributed by atoms with Crippen LogP contribution < -0.4 is 0 Å². The van der Waals surface area contributed by atoms with E-state index in [1.54, 1.807) is 4.90 Å². The van der Waals surface area contributed by atoms with Crippen LogP contribution in [0.4, 0.5) is 0 Å². The summed E-state index contributed by atoms with van der Waals surface area (Å²) in [5, 5.41) is 17.5. The molecule has 0 bridgehead atoms. The molecule has 6 heteroatoms. The maximum Gasteiger partial charge on any atom is 0.308 e. The molecule has 2 aliphatic rings. The molecule has 1 aliphatic heterocycles. The molecule has 2 fully saturated rings. The highest BCUT2D eigenvalue weighted by atomic mass is 16.4. The van der Waals surface area contributed by atoms with Crippen molar-refractivity contribution in [2.24, 2.45) is 17.8 Å². The normalized spacial score (nSPS) is 24.3. The number of likely N-dealkylation sites (tertiary alicyclic amines) is 1. The fourth-order valence-electron chi connectivity index (χ4n) is 3.71. The van der Waals surface area contributed by atoms with E-state index in [4.69, 9.17) is 0 Å². The van der Waals surface area contributed by atoms with Crippen molar-refractivity contribution < 1.29 is 14.7 Å². The number of H-pyrrole nitrogens is 1. The van der Waals surface area contributed by atoms with Crippen LogP contribution in [0, 0.1) is 17.8 Å². The van der Waals surface area contributed by atoms with Crippen LogP contribution in [0.25, 0.3) is 10.9 Å². The number of amides is 1. The Bertz CT molecular complexity index is 765. The molecule has 2 N–H and O–H groups in total. The lowest BCUT2D eigenvalue weighted by Gasteiger charge is -2.15. The Morgan fingerprint density at radius 3 is 2.78 bits per heavy atom. The third-order valence-corrected chi connectivity index (χ3v) is 5.13. The van der Waals surface area contributed by atoms with Gasteiger partial charge < -0.3 is 10.0 Å². The van der Waals surface area contributed by atoms with E-state index in [9.17, 15) is 14.7 Å². The van der Waals surface area contributed by atoms with Crippen LogP contribution in [-0.2, 0) is 16.0 Å². The molecule has 0 radical (unpaired) electrons. The Labute approximate surface area is 133 Å². The minimum atomic E-state index is -0.774. The smallest absolute Gasteiger partial charge is 0.308 e. The summed E-state index contributed by atoms with van der Waals surface area (Å²) in [5.74, 6) is -0.597. The zero-order valence-corrected chi connectivity index (χ0v) is 12.7. The van der Waals surface area contributed by atoms with Crippen molar-refractivity contribution in [1.82, 2.24) is 15.1 Å². The first-order valence-electron chi connectivity index (χ1n) is 8.06. The van der Waals surface area contributed by atoms with Gasteiger partial charge in [-0.3, -0.25) is 14.7 Å². The number of carboxylic acid groups (broad SMARTS) is 1. The summed E-state index contributed by atoms with van der Waals surface area (Å²) in [6.07, 6.45) is 2.44. The second kappa shape index (κ2) is 5.37. The van der Waals surface area contributed by atoms with Crippen molar-refractivity contribution in [3.05, 3.63) is 30.0 Å². The Balaban J connectivity index is 1.50. The monoisotopic (exact) mass is 313 g/mol. The Morgan fingerprint density at radius 2 is 2.04 bits per heavy atom. The van der Waals surface area contributed by atoms with Crippen molar-refractivity contribution in [3.63, 3.8) is 0 Å². The minimum Gasteiger partial charge on any atom is -0.481 e. The molecule has 1 saturated carbocycles. The van der Waals surface area contributed by atoms with Gasteiger partial charge in [-0.15, -0.1) is 0 Å². The van der Waals surface area contributed by atoms with Crippen molar-refractivity contribution in [2.45, 2.75) is 19.3 Å². The van der Waals surface area contributed by atoms with E-state index in [0.717, 1.165) is 29.4 Å². The van der Waals surface area contributed by atoms with E-state index in [-0.39, 0.29) is 18.2 Å². The predicted molar refractivity (Wildman–Crippen MR) is 83.7 cm³/mol. The quantitative estimate of drug-likeness (QED) is 0.899. The fraction of sp³-hybridized carbons (Fsp3) is 0.471. The SMILES string of the molecule is O=C(O)[C@H]1CN(C(=O)Cc2[nH]nc3ccccc23)C[C@@H]1C1CC1. The Hall–Kier alpha value is -2.37. The number of rotatable bonds is 4. The van der Waals surface area contributed by atoms with Crippen LogP contribution in [-0.4, -0.2) is 45.2 Å². The maximum atomic E-state index is 12.6. The number of nitrogens with one attached hydrogen (secondary N) is 1. The summed E-state index contributed by atoms with van der Waals surface area (Å²) in [4.78, 5) is 25.8. The van der Waals surface area contributed by atoms with Gasteiger partial charge in [0.25, 0.3) is 0 Å². The summed E-state index contributed by atoms with van der Waals surface area (Å²) in [7, 11) is 0. The number of fused-ring (bicyclic) bond motifs is 1. The highest BCUT2D eigenvalue weighted by Gasteiger charge is 2.46. The van der Waals surface area contributed by atoms with Crippen molar-refractivity contribution in [2.75, 3.05) is 13.1 Å². The van der Waals surface area contributed by atoms with Gasteiger partial charge in [0, 0.05) is 18.5 Å². The third kappa shape index (κ3) is 2.58. The summed E-state index contributed by atoms with van der Waals surface area (Å²) >= 11 is 0. The van der Waals surface area contributed by atoms with E-state index >= 15 is 0 Å². The number of nitrogens with zero attached hydrogens (tertiary/aromatic N) is 2. The van der Waals surface area contributed by atoms with Gasteiger partial charge in [-0.25, -0.2) is 0 Å². The number of aromatic nitrogens is 2. The summed E-state index contributed by atoms with van der Waals surface area (Å²) in [5.41, 5.74) is 1.64. The average molecular weight is 313 g/mol. The van der Waals surface area contributed by atoms with E-state index in [2.05, 4.69) is 10.2 Å². The van der Waals surface area contributed by atoms with Gasteiger partial charge in [0.05, 0.1) is 23.5 Å². The molecular weight excluding hydrogens is 294 g/mol. The van der Waals surface area contributed by atoms with Gasteiger partial charge in [-0.1, -0.05) is 18.2 Å². The average Bonchev–Trinajstić information content (AvgIpc) is 3.16. The zero-order valence-electron chi connectivity index (χ0n) is 12.7. The molecule has 1 saturated heterocycles. The highest BCUT2D eigenvalue weighted by molar-refractivity contribution is 5.87. The van der Waals surface area contributed by atoms with E-state index in [1.165, 1.54) is 0 Å². The molecule has 0 unspecified atom stereocenters. The first-order chi connectivity index (χ1) is 11.1. The van der Waals surface area contributed by atoms with Gasteiger partial charge in [-0.05, 0) is 30.7 Å². The standard InChI is InChI=1S/C17H19N3O3/c21-16(7-15-11-3-1-2-4-14(11)18-19-15)20-8-12(10-5-6-10)13(9-20)17(22)23/h1-4,10,12-13H,5-9H2,(H,18,19)(H,22,23)/t12-,13+/m1/s1. The van der Waals surface area contributed by atoms with Crippen LogP contribution in [0.5, 0.6) is 0 Å². The van der Waals surface area contributed by atoms with Crippen LogP contribution in [0.15, 0.2) is 24.3 Å². The van der Waals surface area contributed by atoms with Gasteiger partial charge in [0.2, 0.25) is 5.91 Å². The number of aromatic amines is 1. The fourth-order valence-corrected chi connectivity index (χ4v) is 3.71. The van der Waals surface area contributed by atoms with Gasteiger partial charge >= 0.3 is 5.97 Å². The van der Waals surface area contributed by atoms with Gasteiger partial charge in [0.15, 0.2) is 0 Å². The Kier molecular flexibility index (Phi) is 3.32. The zero-order chi connectivity index (χ0) is 16.0. The third-order valence-electron chi connectivity index (χ3n) is 5.13. The molecule has 6 nitrogen and oxygen atoms in total. The first-order valence-corrected chi connectivity index (χ1v) is 8.06. The minimum absolute atomic E-state index is 0.0196. The van der Waals surface area contributed by atoms with Crippen LogP contribution in [0.3, 0.4) is 0 Å². The Morgan fingerprint density at radius 1 is 1.26 bits per heavy atom. The molecular formula is C17H19N3O3. The molecule has 2 aromatic rings. The number of hydrogen-bond acceptors (Lipinski definition) is 3. The lowest BCUT2D eigenvalue weighted by atomic mass is 9.92. The second-order valence-electron chi connectivity index (χ2n) is 6.64. The van der Waals surface area contributed by atoms with Crippen molar-refractivity contribution in [3.8, 4) is 0 Å². The second-order valence-corrected chi connectivity index (χ2v) is 6.64. The number of carbonyl (C=O) groups excluding carboxylic acids is 1. The summed E-state index contributed by atoms with van der Waals surface area (Å²) < 4.78 is 0. The highest BCUT2D eigenvalue weighted by Crippen LogP contribution is 2.44.